The Hall–Kier alpha value is -2.17. The maximum absolute atomic E-state index is 11.8. The highest BCUT2D eigenvalue weighted by molar-refractivity contribution is 5.98. The highest BCUT2D eigenvalue weighted by Gasteiger charge is 2.24. The van der Waals surface area contributed by atoms with E-state index in [2.05, 4.69) is 17.0 Å². The fourth-order valence-corrected chi connectivity index (χ4v) is 2.45. The Morgan fingerprint density at radius 2 is 2.11 bits per heavy atom. The van der Waals surface area contributed by atoms with Gasteiger partial charge in [0.25, 0.3) is 5.91 Å². The summed E-state index contributed by atoms with van der Waals surface area (Å²) < 4.78 is 1.81. The summed E-state index contributed by atoms with van der Waals surface area (Å²) in [6.07, 6.45) is 0.857. The number of fused-ring (bicyclic) bond motifs is 1. The van der Waals surface area contributed by atoms with E-state index in [0.717, 1.165) is 34.8 Å². The van der Waals surface area contributed by atoms with Crippen LogP contribution in [0.2, 0.25) is 0 Å². The van der Waals surface area contributed by atoms with Gasteiger partial charge in [0.2, 0.25) is 0 Å². The first-order valence-electron chi connectivity index (χ1n) is 6.39. The third-order valence-corrected chi connectivity index (χ3v) is 3.52. The topological polar surface area (TPSA) is 51.0 Å². The molecule has 1 aliphatic heterocycles. The Morgan fingerprint density at radius 1 is 1.32 bits per heavy atom. The Labute approximate surface area is 111 Å². The predicted molar refractivity (Wildman–Crippen MR) is 71.6 cm³/mol. The molecule has 0 atom stereocenters. The molecule has 0 aliphatic carbocycles. The summed E-state index contributed by atoms with van der Waals surface area (Å²) in [5.74, 6) is 1.78. The van der Waals surface area contributed by atoms with Crippen molar-refractivity contribution in [1.82, 2.24) is 19.7 Å². The van der Waals surface area contributed by atoms with Crippen molar-refractivity contribution in [3.8, 4) is 11.4 Å². The van der Waals surface area contributed by atoms with Gasteiger partial charge < -0.3 is 4.90 Å². The molecule has 1 amide bonds. The summed E-state index contributed by atoms with van der Waals surface area (Å²) in [7, 11) is 3.72. The minimum atomic E-state index is 0.0878. The smallest absolute Gasteiger partial charge is 0.254 e. The van der Waals surface area contributed by atoms with Crippen LogP contribution in [0.25, 0.3) is 11.4 Å². The quantitative estimate of drug-likeness (QED) is 0.820. The van der Waals surface area contributed by atoms with Gasteiger partial charge in [-0.1, -0.05) is 13.0 Å². The molecule has 5 nitrogen and oxygen atoms in total. The molecular formula is C14H16N4O. The van der Waals surface area contributed by atoms with Crippen molar-refractivity contribution in [1.29, 1.82) is 0 Å². The molecule has 0 bridgehead atoms. The van der Waals surface area contributed by atoms with Crippen LogP contribution >= 0.6 is 0 Å². The molecule has 98 valence electrons. The normalized spacial score (nSPS) is 14.1. The summed E-state index contributed by atoms with van der Waals surface area (Å²) in [5, 5.41) is 4.42. The van der Waals surface area contributed by atoms with Crippen LogP contribution in [0.4, 0.5) is 0 Å². The molecule has 5 heteroatoms. The highest BCUT2D eigenvalue weighted by atomic mass is 16.2. The van der Waals surface area contributed by atoms with Gasteiger partial charge in [0, 0.05) is 38.2 Å². The van der Waals surface area contributed by atoms with Crippen LogP contribution in [0.1, 0.15) is 28.7 Å². The lowest BCUT2D eigenvalue weighted by atomic mass is 10.1. The van der Waals surface area contributed by atoms with Crippen LogP contribution in [0, 0.1) is 0 Å². The van der Waals surface area contributed by atoms with Gasteiger partial charge >= 0.3 is 0 Å². The van der Waals surface area contributed by atoms with E-state index in [1.807, 2.05) is 32.3 Å². The molecule has 3 rings (SSSR count). The molecule has 0 spiro atoms. The fourth-order valence-electron chi connectivity index (χ4n) is 2.45. The molecule has 0 radical (unpaired) electrons. The molecule has 0 fully saturated rings. The molecule has 1 aliphatic rings. The zero-order valence-corrected chi connectivity index (χ0v) is 11.3. The third-order valence-electron chi connectivity index (χ3n) is 3.52. The van der Waals surface area contributed by atoms with Gasteiger partial charge in [-0.2, -0.15) is 5.10 Å². The van der Waals surface area contributed by atoms with Crippen LogP contribution in [-0.2, 0) is 20.0 Å². The number of aromatic nitrogens is 3. The second-order valence-corrected chi connectivity index (χ2v) is 4.86. The molecular weight excluding hydrogens is 240 g/mol. The number of benzene rings is 1. The molecule has 0 saturated carbocycles. The first-order chi connectivity index (χ1) is 9.10. The van der Waals surface area contributed by atoms with E-state index in [9.17, 15) is 4.79 Å². The number of hydrogen-bond donors (Lipinski definition) is 0. The SMILES string of the molecule is CCc1nc(-c2ccc3c(c2)CN(C)C3=O)nn1C. The van der Waals surface area contributed by atoms with Gasteiger partial charge in [-0.3, -0.25) is 9.48 Å². The maximum atomic E-state index is 11.8. The van der Waals surface area contributed by atoms with Gasteiger partial charge in [0.15, 0.2) is 5.82 Å². The molecule has 2 aromatic rings. The lowest BCUT2D eigenvalue weighted by Gasteiger charge is -2.04. The number of carbonyl (C=O) groups is 1. The Morgan fingerprint density at radius 3 is 2.79 bits per heavy atom. The number of amides is 1. The molecule has 0 N–H and O–H groups in total. The van der Waals surface area contributed by atoms with Crippen LogP contribution in [0.15, 0.2) is 18.2 Å². The maximum Gasteiger partial charge on any atom is 0.254 e. The van der Waals surface area contributed by atoms with E-state index in [1.165, 1.54) is 0 Å². The van der Waals surface area contributed by atoms with Gasteiger partial charge in [0.05, 0.1) is 0 Å². The average molecular weight is 256 g/mol. The number of rotatable bonds is 2. The first kappa shape index (κ1) is 11.9. The van der Waals surface area contributed by atoms with E-state index < -0.39 is 0 Å². The highest BCUT2D eigenvalue weighted by Crippen LogP contribution is 2.26. The van der Waals surface area contributed by atoms with Crippen molar-refractivity contribution in [2.75, 3.05) is 7.05 Å². The van der Waals surface area contributed by atoms with E-state index in [0.29, 0.717) is 6.54 Å². The van der Waals surface area contributed by atoms with Crippen LogP contribution in [0.3, 0.4) is 0 Å². The third kappa shape index (κ3) is 1.82. The summed E-state index contributed by atoms with van der Waals surface area (Å²) in [5.41, 5.74) is 2.81. The monoisotopic (exact) mass is 256 g/mol. The minimum Gasteiger partial charge on any atom is -0.337 e. The van der Waals surface area contributed by atoms with Gasteiger partial charge in [-0.05, 0) is 17.7 Å². The van der Waals surface area contributed by atoms with Crippen LogP contribution in [-0.4, -0.2) is 32.6 Å². The van der Waals surface area contributed by atoms with Gasteiger partial charge in [0.1, 0.15) is 5.82 Å². The predicted octanol–water partition coefficient (Wildman–Crippen LogP) is 1.63. The van der Waals surface area contributed by atoms with Crippen LogP contribution in [0.5, 0.6) is 0 Å². The average Bonchev–Trinajstić information content (AvgIpc) is 2.91. The van der Waals surface area contributed by atoms with Crippen molar-refractivity contribution in [2.45, 2.75) is 19.9 Å². The minimum absolute atomic E-state index is 0.0878. The van der Waals surface area contributed by atoms with Crippen LogP contribution < -0.4 is 0 Å². The summed E-state index contributed by atoms with van der Waals surface area (Å²) in [4.78, 5) is 18.1. The number of nitrogens with zero attached hydrogens (tertiary/aromatic N) is 4. The Bertz CT molecular complexity index is 659. The van der Waals surface area contributed by atoms with Crippen molar-refractivity contribution in [3.63, 3.8) is 0 Å². The molecule has 0 saturated heterocycles. The number of hydrogen-bond acceptors (Lipinski definition) is 3. The van der Waals surface area contributed by atoms with Crippen molar-refractivity contribution < 1.29 is 4.79 Å². The van der Waals surface area contributed by atoms with Crippen molar-refractivity contribution in [3.05, 3.63) is 35.2 Å². The molecule has 1 aromatic heterocycles. The lowest BCUT2D eigenvalue weighted by Crippen LogP contribution is -2.17. The first-order valence-corrected chi connectivity index (χ1v) is 6.39. The summed E-state index contributed by atoms with van der Waals surface area (Å²) in [6.45, 7) is 2.72. The largest absolute Gasteiger partial charge is 0.337 e. The molecule has 0 unspecified atom stereocenters. The lowest BCUT2D eigenvalue weighted by molar-refractivity contribution is 0.0816. The Kier molecular flexibility index (Phi) is 2.62. The van der Waals surface area contributed by atoms with Crippen molar-refractivity contribution in [2.24, 2.45) is 7.05 Å². The number of carbonyl (C=O) groups excluding carboxylic acids is 1. The zero-order chi connectivity index (χ0) is 13.6. The molecule has 19 heavy (non-hydrogen) atoms. The van der Waals surface area contributed by atoms with E-state index in [1.54, 1.807) is 9.58 Å². The van der Waals surface area contributed by atoms with Gasteiger partial charge in [-0.25, -0.2) is 4.98 Å². The fraction of sp³-hybridized carbons (Fsp3) is 0.357. The summed E-state index contributed by atoms with van der Waals surface area (Å²) in [6, 6.07) is 5.81. The zero-order valence-electron chi connectivity index (χ0n) is 11.3. The standard InChI is InChI=1S/C14H16N4O/c1-4-12-15-13(16-18(12)3)9-5-6-11-10(7-9)8-17(2)14(11)19/h5-7H,4,8H2,1-3H3. The molecule has 2 heterocycles. The number of aryl methyl sites for hydroxylation is 2. The van der Waals surface area contributed by atoms with E-state index >= 15 is 0 Å². The van der Waals surface area contributed by atoms with E-state index in [-0.39, 0.29) is 5.91 Å². The Balaban J connectivity index is 2.03. The van der Waals surface area contributed by atoms with Crippen molar-refractivity contribution >= 4 is 5.91 Å². The second kappa shape index (κ2) is 4.19. The second-order valence-electron chi connectivity index (χ2n) is 4.86. The van der Waals surface area contributed by atoms with E-state index in [4.69, 9.17) is 0 Å². The molecule has 1 aromatic carbocycles. The van der Waals surface area contributed by atoms with Gasteiger partial charge in [-0.15, -0.1) is 0 Å². The summed E-state index contributed by atoms with van der Waals surface area (Å²) >= 11 is 0.